The zero-order chi connectivity index (χ0) is 23.6. The van der Waals surface area contributed by atoms with Gasteiger partial charge in [-0.3, -0.25) is 4.79 Å². The zero-order valence-electron chi connectivity index (χ0n) is 16.5. The van der Waals surface area contributed by atoms with Gasteiger partial charge in [0.05, 0.1) is 21.7 Å². The molecule has 1 saturated heterocycles. The lowest BCUT2D eigenvalue weighted by atomic mass is 9.98. The van der Waals surface area contributed by atoms with Gasteiger partial charge in [-0.2, -0.15) is 18.4 Å². The van der Waals surface area contributed by atoms with E-state index in [-0.39, 0.29) is 35.1 Å². The Morgan fingerprint density at radius 3 is 2.59 bits per heavy atom. The second-order valence-electron chi connectivity index (χ2n) is 6.99. The quantitative estimate of drug-likeness (QED) is 0.688. The minimum Gasteiger partial charge on any atom is -0.353 e. The van der Waals surface area contributed by atoms with Crippen molar-refractivity contribution in [3.8, 4) is 6.07 Å². The zero-order valence-corrected chi connectivity index (χ0v) is 18.0. The molecule has 1 fully saturated rings. The second-order valence-corrected chi connectivity index (χ2v) is 7.81. The number of piperazine rings is 1. The van der Waals surface area contributed by atoms with E-state index in [9.17, 15) is 22.8 Å². The lowest BCUT2D eigenvalue weighted by Gasteiger charge is -2.34. The summed E-state index contributed by atoms with van der Waals surface area (Å²) in [5.74, 6) is -0.330. The number of urea groups is 1. The molecule has 0 aliphatic carbocycles. The fourth-order valence-electron chi connectivity index (χ4n) is 3.25. The topological polar surface area (TPSA) is 98.1 Å². The van der Waals surface area contributed by atoms with Crippen LogP contribution in [0.2, 0.25) is 10.0 Å². The molecule has 1 aromatic heterocycles. The predicted octanol–water partition coefficient (Wildman–Crippen LogP) is 3.90. The van der Waals surface area contributed by atoms with Gasteiger partial charge in [-0.1, -0.05) is 29.3 Å². The third-order valence-corrected chi connectivity index (χ3v) is 5.54. The standard InChI is InChI=1S/C20H16Cl2F3N5O2/c1-10-18(31)27-4-5-30(10)19(32)29-16(11-2-3-12(8-26)14(21)6-11)13-7-15(22)17(28-9-13)20(23,24)25/h2-3,6-7,9-10,16H,4-5H2,1H3,(H,27,31)(H,29,32)/t10-,16-/m1/s1. The molecule has 0 unspecified atom stereocenters. The van der Waals surface area contributed by atoms with Gasteiger partial charge in [0.15, 0.2) is 5.69 Å². The number of nitrogens with zero attached hydrogens (tertiary/aromatic N) is 3. The number of hydrogen-bond acceptors (Lipinski definition) is 4. The van der Waals surface area contributed by atoms with Gasteiger partial charge in [-0.25, -0.2) is 9.78 Å². The second kappa shape index (κ2) is 9.22. The van der Waals surface area contributed by atoms with Crippen molar-refractivity contribution in [2.45, 2.75) is 25.2 Å². The van der Waals surface area contributed by atoms with E-state index >= 15 is 0 Å². The van der Waals surface area contributed by atoms with Gasteiger partial charge in [-0.05, 0) is 36.2 Å². The van der Waals surface area contributed by atoms with E-state index in [0.29, 0.717) is 5.56 Å². The van der Waals surface area contributed by atoms with Crippen LogP contribution >= 0.6 is 23.2 Å². The average Bonchev–Trinajstić information content (AvgIpc) is 2.72. The Kier molecular flexibility index (Phi) is 6.81. The normalized spacial score (nSPS) is 17.3. The van der Waals surface area contributed by atoms with Gasteiger partial charge in [0.1, 0.15) is 12.1 Å². The van der Waals surface area contributed by atoms with E-state index in [1.54, 1.807) is 6.92 Å². The molecule has 3 rings (SSSR count). The van der Waals surface area contributed by atoms with Crippen LogP contribution in [-0.2, 0) is 11.0 Å². The molecular weight excluding hydrogens is 470 g/mol. The first-order chi connectivity index (χ1) is 15.0. The van der Waals surface area contributed by atoms with E-state index in [1.165, 1.54) is 23.1 Å². The molecular formula is C20H16Cl2F3N5O2. The lowest BCUT2D eigenvalue weighted by molar-refractivity contribution is -0.141. The summed E-state index contributed by atoms with van der Waals surface area (Å²) in [6.07, 6.45) is -3.79. The van der Waals surface area contributed by atoms with Crippen LogP contribution < -0.4 is 10.6 Å². The average molecular weight is 486 g/mol. The summed E-state index contributed by atoms with van der Waals surface area (Å²) in [6.45, 7) is 2.06. The third-order valence-electron chi connectivity index (χ3n) is 4.94. The fourth-order valence-corrected chi connectivity index (χ4v) is 3.76. The highest BCUT2D eigenvalue weighted by molar-refractivity contribution is 6.32. The highest BCUT2D eigenvalue weighted by Gasteiger charge is 2.36. The van der Waals surface area contributed by atoms with Crippen molar-refractivity contribution < 1.29 is 22.8 Å². The number of halogens is 5. The van der Waals surface area contributed by atoms with E-state index in [2.05, 4.69) is 15.6 Å². The van der Waals surface area contributed by atoms with Crippen molar-refractivity contribution in [3.05, 3.63) is 62.9 Å². The Labute approximate surface area is 191 Å². The van der Waals surface area contributed by atoms with Gasteiger partial charge in [0, 0.05) is 19.3 Å². The maximum absolute atomic E-state index is 13.1. The van der Waals surface area contributed by atoms with Crippen LogP contribution in [0.3, 0.4) is 0 Å². The Hall–Kier alpha value is -3.03. The molecule has 7 nitrogen and oxygen atoms in total. The Bertz CT molecular complexity index is 1100. The molecule has 1 aliphatic heterocycles. The monoisotopic (exact) mass is 485 g/mol. The molecule has 0 radical (unpaired) electrons. The predicted molar refractivity (Wildman–Crippen MR) is 110 cm³/mol. The first-order valence-corrected chi connectivity index (χ1v) is 10.1. The van der Waals surface area contributed by atoms with Crippen molar-refractivity contribution in [1.82, 2.24) is 20.5 Å². The molecule has 1 aliphatic rings. The summed E-state index contributed by atoms with van der Waals surface area (Å²) in [5, 5.41) is 13.9. The van der Waals surface area contributed by atoms with Gasteiger partial charge in [0.2, 0.25) is 5.91 Å². The molecule has 12 heteroatoms. The van der Waals surface area contributed by atoms with Crippen molar-refractivity contribution in [1.29, 1.82) is 5.26 Å². The van der Waals surface area contributed by atoms with E-state index in [0.717, 1.165) is 12.3 Å². The number of carbonyl (C=O) groups is 2. The molecule has 0 saturated carbocycles. The maximum atomic E-state index is 13.1. The molecule has 32 heavy (non-hydrogen) atoms. The molecule has 0 spiro atoms. The highest BCUT2D eigenvalue weighted by Crippen LogP contribution is 2.35. The SMILES string of the molecule is C[C@@H]1C(=O)NCCN1C(=O)N[C@H](c1ccc(C#N)c(Cl)c1)c1cnc(C(F)(F)F)c(Cl)c1. The van der Waals surface area contributed by atoms with Gasteiger partial charge < -0.3 is 15.5 Å². The fraction of sp³-hybridized carbons (Fsp3) is 0.300. The van der Waals surface area contributed by atoms with Crippen LogP contribution in [-0.4, -0.2) is 41.0 Å². The van der Waals surface area contributed by atoms with Gasteiger partial charge in [-0.15, -0.1) is 0 Å². The number of rotatable bonds is 3. The van der Waals surface area contributed by atoms with E-state index < -0.39 is 35.0 Å². The van der Waals surface area contributed by atoms with Crippen LogP contribution in [0, 0.1) is 11.3 Å². The number of nitriles is 1. The van der Waals surface area contributed by atoms with E-state index in [4.69, 9.17) is 28.5 Å². The molecule has 168 valence electrons. The van der Waals surface area contributed by atoms with Crippen molar-refractivity contribution >= 4 is 35.1 Å². The Morgan fingerprint density at radius 1 is 1.31 bits per heavy atom. The summed E-state index contributed by atoms with van der Waals surface area (Å²) >= 11 is 11.9. The number of hydrogen-bond donors (Lipinski definition) is 2. The van der Waals surface area contributed by atoms with Crippen LogP contribution in [0.4, 0.5) is 18.0 Å². The number of alkyl halides is 3. The highest BCUT2D eigenvalue weighted by atomic mass is 35.5. The van der Waals surface area contributed by atoms with Crippen molar-refractivity contribution in [2.24, 2.45) is 0 Å². The number of nitrogens with one attached hydrogen (secondary N) is 2. The maximum Gasteiger partial charge on any atom is 0.434 e. The summed E-state index contributed by atoms with van der Waals surface area (Å²) in [6, 6.07) is 4.95. The first kappa shape index (κ1) is 23.6. The molecule has 2 N–H and O–H groups in total. The number of aromatic nitrogens is 1. The first-order valence-electron chi connectivity index (χ1n) is 9.30. The van der Waals surface area contributed by atoms with Crippen LogP contribution in [0.1, 0.15) is 35.3 Å². The molecule has 3 amide bonds. The molecule has 2 aromatic rings. The van der Waals surface area contributed by atoms with Crippen molar-refractivity contribution in [2.75, 3.05) is 13.1 Å². The van der Waals surface area contributed by atoms with Crippen molar-refractivity contribution in [3.63, 3.8) is 0 Å². The number of pyridine rings is 1. The number of carbonyl (C=O) groups excluding carboxylic acids is 2. The number of amides is 3. The van der Waals surface area contributed by atoms with Gasteiger partial charge in [0.25, 0.3) is 0 Å². The van der Waals surface area contributed by atoms with Crippen LogP contribution in [0.25, 0.3) is 0 Å². The smallest absolute Gasteiger partial charge is 0.353 e. The number of benzene rings is 1. The summed E-state index contributed by atoms with van der Waals surface area (Å²) in [4.78, 5) is 29.6. The molecule has 1 aromatic carbocycles. The third kappa shape index (κ3) is 4.89. The molecule has 2 atom stereocenters. The summed E-state index contributed by atoms with van der Waals surface area (Å²) < 4.78 is 39.2. The van der Waals surface area contributed by atoms with E-state index in [1.807, 2.05) is 6.07 Å². The van der Waals surface area contributed by atoms with Crippen LogP contribution in [0.5, 0.6) is 0 Å². The Morgan fingerprint density at radius 2 is 2.00 bits per heavy atom. The Balaban J connectivity index is 2.01. The van der Waals surface area contributed by atoms with Crippen LogP contribution in [0.15, 0.2) is 30.5 Å². The molecule has 2 heterocycles. The largest absolute Gasteiger partial charge is 0.434 e. The lowest BCUT2D eigenvalue weighted by Crippen LogP contribution is -2.58. The summed E-state index contributed by atoms with van der Waals surface area (Å²) in [5.41, 5.74) is -0.530. The summed E-state index contributed by atoms with van der Waals surface area (Å²) in [7, 11) is 0. The molecule has 0 bridgehead atoms. The minimum atomic E-state index is -4.75. The van der Waals surface area contributed by atoms with Gasteiger partial charge >= 0.3 is 12.2 Å². The minimum absolute atomic E-state index is 0.0981.